The molecule has 0 aliphatic carbocycles. The minimum absolute atomic E-state index is 0.0671. The Morgan fingerprint density at radius 3 is 2.62 bits per heavy atom. The van der Waals surface area contributed by atoms with Gasteiger partial charge in [-0.3, -0.25) is 0 Å². The molecule has 0 spiro atoms. The molecule has 1 atom stereocenters. The molecular weight excluding hydrogens is 334 g/mol. The van der Waals surface area contributed by atoms with Crippen LogP contribution in [0, 0.1) is 0 Å². The van der Waals surface area contributed by atoms with Gasteiger partial charge in [0.25, 0.3) is 10.0 Å². The maximum Gasteiger partial charge on any atom is 0.253 e. The van der Waals surface area contributed by atoms with Crippen molar-refractivity contribution in [2.75, 3.05) is 13.1 Å². The normalized spacial score (nSPS) is 22.4. The average Bonchev–Trinajstić information content (AvgIpc) is 2.78. The van der Waals surface area contributed by atoms with Crippen LogP contribution in [0.15, 0.2) is 14.5 Å². The van der Waals surface area contributed by atoms with Crippen LogP contribution in [0.2, 0.25) is 0 Å². The molecule has 2 heterocycles. The van der Waals surface area contributed by atoms with E-state index < -0.39 is 20.0 Å². The van der Waals surface area contributed by atoms with E-state index in [0.29, 0.717) is 12.1 Å². The van der Waals surface area contributed by atoms with E-state index in [1.807, 2.05) is 6.92 Å². The molecule has 10 heteroatoms. The fourth-order valence-electron chi connectivity index (χ4n) is 2.34. The summed E-state index contributed by atoms with van der Waals surface area (Å²) in [6.45, 7) is 6.42. The molecule has 0 bridgehead atoms. The van der Waals surface area contributed by atoms with Crippen LogP contribution in [0.5, 0.6) is 0 Å². The van der Waals surface area contributed by atoms with Gasteiger partial charge in [0, 0.05) is 24.2 Å². The smallest absolute Gasteiger partial charge is 0.253 e. The largest absolute Gasteiger partial charge is 0.309 e. The van der Waals surface area contributed by atoms with Crippen LogP contribution in [-0.4, -0.2) is 40.3 Å². The molecule has 0 saturated carbocycles. The van der Waals surface area contributed by atoms with Gasteiger partial charge in [-0.2, -0.15) is 4.31 Å². The molecule has 0 amide bonds. The summed E-state index contributed by atoms with van der Waals surface area (Å²) in [5, 5.41) is 8.32. The van der Waals surface area contributed by atoms with Gasteiger partial charge in [-0.15, -0.1) is 11.3 Å². The maximum absolute atomic E-state index is 12.6. The lowest BCUT2D eigenvalue weighted by molar-refractivity contribution is 0.302. The van der Waals surface area contributed by atoms with Crippen molar-refractivity contribution in [3.05, 3.63) is 11.6 Å². The predicted octanol–water partition coefficient (Wildman–Crippen LogP) is 0.459. The zero-order chi connectivity index (χ0) is 16.0. The van der Waals surface area contributed by atoms with E-state index in [-0.39, 0.29) is 27.0 Å². The molecular formula is C11H19N3O4S3. The highest BCUT2D eigenvalue weighted by Crippen LogP contribution is 2.40. The first-order valence-corrected chi connectivity index (χ1v) is 10.3. The Bertz CT molecular complexity index is 737. The van der Waals surface area contributed by atoms with E-state index in [0.717, 1.165) is 11.3 Å². The quantitative estimate of drug-likeness (QED) is 0.817. The van der Waals surface area contributed by atoms with Crippen molar-refractivity contribution in [3.63, 3.8) is 0 Å². The van der Waals surface area contributed by atoms with E-state index in [2.05, 4.69) is 5.32 Å². The summed E-state index contributed by atoms with van der Waals surface area (Å²) in [5.41, 5.74) is 0.489. The summed E-state index contributed by atoms with van der Waals surface area (Å²) in [7, 11) is -7.60. The molecule has 1 aliphatic rings. The highest BCUT2D eigenvalue weighted by Gasteiger charge is 2.40. The Labute approximate surface area is 129 Å². The lowest BCUT2D eigenvalue weighted by atomic mass is 10.1. The first-order valence-electron chi connectivity index (χ1n) is 6.50. The van der Waals surface area contributed by atoms with Crippen molar-refractivity contribution in [1.29, 1.82) is 0 Å². The number of thiophene rings is 1. The summed E-state index contributed by atoms with van der Waals surface area (Å²) < 4.78 is 49.5. The summed E-state index contributed by atoms with van der Waals surface area (Å²) in [6.07, 6.45) is 0. The third-order valence-electron chi connectivity index (χ3n) is 3.29. The van der Waals surface area contributed by atoms with Gasteiger partial charge in [0.1, 0.15) is 8.42 Å². The fourth-order valence-corrected chi connectivity index (χ4v) is 6.78. The van der Waals surface area contributed by atoms with Gasteiger partial charge in [0.2, 0.25) is 10.0 Å². The number of nitrogens with one attached hydrogen (secondary N) is 1. The third kappa shape index (κ3) is 3.01. The van der Waals surface area contributed by atoms with Gasteiger partial charge in [-0.05, 0) is 26.5 Å². The standard InChI is InChI=1S/C11H19N3O4S3/c1-4-13-9-6-14(7(2)3)21(17,18)11-8(9)5-10(19-11)20(12,15)16/h5,7,9,13H,4,6H2,1-3H3,(H2,12,15,16). The number of hydrogen-bond acceptors (Lipinski definition) is 6. The number of rotatable bonds is 4. The molecule has 0 aromatic carbocycles. The predicted molar refractivity (Wildman–Crippen MR) is 81.1 cm³/mol. The van der Waals surface area contributed by atoms with Crippen molar-refractivity contribution in [2.24, 2.45) is 5.14 Å². The second kappa shape index (κ2) is 5.60. The molecule has 1 unspecified atom stereocenters. The van der Waals surface area contributed by atoms with Crippen molar-refractivity contribution in [2.45, 2.75) is 41.3 Å². The number of primary sulfonamides is 1. The molecule has 1 aromatic rings. The van der Waals surface area contributed by atoms with Crippen LogP contribution < -0.4 is 10.5 Å². The van der Waals surface area contributed by atoms with Crippen molar-refractivity contribution in [1.82, 2.24) is 9.62 Å². The number of nitrogens with two attached hydrogens (primary N) is 1. The van der Waals surface area contributed by atoms with Crippen LogP contribution in [0.1, 0.15) is 32.4 Å². The Kier molecular flexibility index (Phi) is 4.49. The highest BCUT2D eigenvalue weighted by molar-refractivity contribution is 7.94. The zero-order valence-electron chi connectivity index (χ0n) is 12.0. The fraction of sp³-hybridized carbons (Fsp3) is 0.636. The Balaban J connectivity index is 2.65. The molecule has 1 aromatic heterocycles. The summed E-state index contributed by atoms with van der Waals surface area (Å²) in [5.74, 6) is 0. The van der Waals surface area contributed by atoms with E-state index >= 15 is 0 Å². The maximum atomic E-state index is 12.6. The molecule has 3 N–H and O–H groups in total. The molecule has 0 saturated heterocycles. The molecule has 120 valence electrons. The van der Waals surface area contributed by atoms with Gasteiger partial charge in [-0.1, -0.05) is 6.92 Å². The Morgan fingerprint density at radius 2 is 2.14 bits per heavy atom. The first kappa shape index (κ1) is 16.8. The second-order valence-corrected chi connectivity index (χ2v) is 10.1. The summed E-state index contributed by atoms with van der Waals surface area (Å²) in [4.78, 5) is 0. The first-order chi connectivity index (χ1) is 9.59. The number of hydrogen-bond donors (Lipinski definition) is 2. The lowest BCUT2D eigenvalue weighted by Crippen LogP contribution is -2.46. The SMILES string of the molecule is CCNC1CN(C(C)C)S(=O)(=O)c2sc(S(N)(=O)=O)cc21. The van der Waals surface area contributed by atoms with Gasteiger partial charge < -0.3 is 5.32 Å². The van der Waals surface area contributed by atoms with Gasteiger partial charge >= 0.3 is 0 Å². The van der Waals surface area contributed by atoms with E-state index in [1.54, 1.807) is 13.8 Å². The summed E-state index contributed by atoms with van der Waals surface area (Å²) >= 11 is 0.717. The van der Waals surface area contributed by atoms with E-state index in [1.165, 1.54) is 10.4 Å². The molecule has 7 nitrogen and oxygen atoms in total. The van der Waals surface area contributed by atoms with Gasteiger partial charge in [0.15, 0.2) is 0 Å². The van der Waals surface area contributed by atoms with Gasteiger partial charge in [0.05, 0.1) is 0 Å². The number of likely N-dealkylation sites (N-methyl/N-ethyl adjacent to an activating group) is 1. The third-order valence-corrected chi connectivity index (χ3v) is 8.43. The monoisotopic (exact) mass is 353 g/mol. The van der Waals surface area contributed by atoms with Crippen LogP contribution in [0.25, 0.3) is 0 Å². The Hall–Kier alpha value is -0.520. The van der Waals surface area contributed by atoms with Crippen LogP contribution >= 0.6 is 11.3 Å². The molecule has 1 aliphatic heterocycles. The number of sulfonamides is 2. The molecule has 0 radical (unpaired) electrons. The second-order valence-electron chi connectivity index (χ2n) is 5.13. The van der Waals surface area contributed by atoms with Crippen molar-refractivity contribution in [3.8, 4) is 0 Å². The van der Waals surface area contributed by atoms with E-state index in [9.17, 15) is 16.8 Å². The van der Waals surface area contributed by atoms with Crippen molar-refractivity contribution < 1.29 is 16.8 Å². The van der Waals surface area contributed by atoms with Crippen LogP contribution in [0.4, 0.5) is 0 Å². The number of nitrogens with zero attached hydrogens (tertiary/aromatic N) is 1. The molecule has 21 heavy (non-hydrogen) atoms. The van der Waals surface area contributed by atoms with Crippen LogP contribution in [-0.2, 0) is 20.0 Å². The molecule has 2 rings (SSSR count). The average molecular weight is 353 g/mol. The minimum Gasteiger partial charge on any atom is -0.309 e. The zero-order valence-corrected chi connectivity index (χ0v) is 14.5. The topological polar surface area (TPSA) is 110 Å². The summed E-state index contributed by atoms with van der Waals surface area (Å²) in [6, 6.07) is 0.935. The van der Waals surface area contributed by atoms with Crippen molar-refractivity contribution >= 4 is 31.4 Å². The lowest BCUT2D eigenvalue weighted by Gasteiger charge is -2.34. The van der Waals surface area contributed by atoms with Gasteiger partial charge in [-0.25, -0.2) is 22.0 Å². The molecule has 0 fully saturated rings. The van der Waals surface area contributed by atoms with Crippen LogP contribution in [0.3, 0.4) is 0 Å². The highest BCUT2D eigenvalue weighted by atomic mass is 32.3. The van der Waals surface area contributed by atoms with E-state index in [4.69, 9.17) is 5.14 Å². The minimum atomic E-state index is -3.92. The number of fused-ring (bicyclic) bond motifs is 1. The Morgan fingerprint density at radius 1 is 1.52 bits per heavy atom.